The minimum Gasteiger partial charge on any atom is -1.00 e. The van der Waals surface area contributed by atoms with Crippen LogP contribution in [0, 0.1) is 0 Å². The highest BCUT2D eigenvalue weighted by atomic mass is 35.5. The van der Waals surface area contributed by atoms with Gasteiger partial charge in [0.2, 0.25) is 6.34 Å². The maximum Gasteiger partial charge on any atom is 0.234 e. The lowest BCUT2D eigenvalue weighted by molar-refractivity contribution is -0.549. The molecule has 0 radical (unpaired) electrons. The molecule has 0 spiro atoms. The fourth-order valence-electron chi connectivity index (χ4n) is 3.49. The van der Waals surface area contributed by atoms with Gasteiger partial charge in [-0.3, -0.25) is 9.48 Å². The van der Waals surface area contributed by atoms with Gasteiger partial charge < -0.3 is 31.4 Å². The molecule has 7 heteroatoms. The van der Waals surface area contributed by atoms with Gasteiger partial charge in [0.25, 0.3) is 0 Å². The molecule has 0 atom stereocenters. The molecule has 2 aromatic rings. The number of ether oxygens (including phenoxy) is 4. The van der Waals surface area contributed by atoms with Crippen LogP contribution >= 0.6 is 0 Å². The van der Waals surface area contributed by atoms with Gasteiger partial charge in [0.05, 0.1) is 41.5 Å². The van der Waals surface area contributed by atoms with Crippen LogP contribution in [0.5, 0.6) is 23.0 Å². The molecule has 0 amide bonds. The summed E-state index contributed by atoms with van der Waals surface area (Å²) in [7, 11) is 6.64. The molecule has 3 rings (SSSR count). The highest BCUT2D eigenvalue weighted by molar-refractivity contribution is 5.51. The minimum atomic E-state index is 0. The maximum atomic E-state index is 5.42. The van der Waals surface area contributed by atoms with Crippen LogP contribution in [0.3, 0.4) is 0 Å². The Labute approximate surface area is 179 Å². The first-order valence-electron chi connectivity index (χ1n) is 9.41. The van der Waals surface area contributed by atoms with Crippen LogP contribution in [-0.4, -0.2) is 57.3 Å². The van der Waals surface area contributed by atoms with Crippen LogP contribution in [0.25, 0.3) is 0 Å². The predicted octanol–water partition coefficient (Wildman–Crippen LogP) is 0.172. The molecule has 0 unspecified atom stereocenters. The van der Waals surface area contributed by atoms with Crippen molar-refractivity contribution >= 4 is 6.34 Å². The van der Waals surface area contributed by atoms with Crippen molar-refractivity contribution in [3.8, 4) is 23.0 Å². The number of benzene rings is 2. The Morgan fingerprint density at radius 3 is 1.93 bits per heavy atom. The van der Waals surface area contributed by atoms with Crippen LogP contribution in [0.2, 0.25) is 0 Å². The van der Waals surface area contributed by atoms with Crippen LogP contribution in [0.15, 0.2) is 36.4 Å². The second-order valence-electron chi connectivity index (χ2n) is 6.79. The molecule has 0 saturated heterocycles. The van der Waals surface area contributed by atoms with Crippen molar-refractivity contribution in [3.05, 3.63) is 47.5 Å². The lowest BCUT2D eigenvalue weighted by Crippen LogP contribution is -3.00. The molecule has 0 fully saturated rings. The van der Waals surface area contributed by atoms with E-state index in [1.807, 2.05) is 24.3 Å². The fourth-order valence-corrected chi connectivity index (χ4v) is 3.49. The van der Waals surface area contributed by atoms with Crippen LogP contribution < -0.4 is 31.4 Å². The van der Waals surface area contributed by atoms with Gasteiger partial charge in [-0.2, -0.15) is 0 Å². The first-order chi connectivity index (χ1) is 13.7. The quantitative estimate of drug-likeness (QED) is 0.570. The Bertz CT molecular complexity index is 842. The lowest BCUT2D eigenvalue weighted by atomic mass is 10.1. The molecule has 0 aromatic heterocycles. The fraction of sp³-hybridized carbons (Fsp3) is 0.409. The SMILES string of the molecule is COc1ccc(CN2C=[N+](Cc3ccc(OC)c(OC)c3)CCC2)cc1OC.[Cl-]. The predicted molar refractivity (Wildman–Crippen MR) is 109 cm³/mol. The number of hydrogen-bond donors (Lipinski definition) is 0. The summed E-state index contributed by atoms with van der Waals surface area (Å²) in [6.07, 6.45) is 3.34. The Morgan fingerprint density at radius 1 is 0.793 bits per heavy atom. The van der Waals surface area contributed by atoms with Crippen molar-refractivity contribution in [1.29, 1.82) is 0 Å². The first kappa shape index (κ1) is 22.7. The average Bonchev–Trinajstić information content (AvgIpc) is 2.73. The van der Waals surface area contributed by atoms with Gasteiger partial charge in [0.1, 0.15) is 13.1 Å². The van der Waals surface area contributed by atoms with Gasteiger partial charge in [-0.1, -0.05) is 12.1 Å². The summed E-state index contributed by atoms with van der Waals surface area (Å²) >= 11 is 0. The van der Waals surface area contributed by atoms with E-state index in [4.69, 9.17) is 18.9 Å². The van der Waals surface area contributed by atoms with Gasteiger partial charge in [-0.05, 0) is 35.4 Å². The zero-order valence-corrected chi connectivity index (χ0v) is 18.2. The third kappa shape index (κ3) is 5.70. The van der Waals surface area contributed by atoms with E-state index >= 15 is 0 Å². The topological polar surface area (TPSA) is 43.2 Å². The maximum absolute atomic E-state index is 5.42. The molecule has 158 valence electrons. The summed E-state index contributed by atoms with van der Waals surface area (Å²) in [5.41, 5.74) is 2.39. The van der Waals surface area contributed by atoms with Gasteiger partial charge in [0, 0.05) is 6.42 Å². The monoisotopic (exact) mass is 420 g/mol. The Hall–Kier alpha value is -2.60. The lowest BCUT2D eigenvalue weighted by Gasteiger charge is -2.21. The van der Waals surface area contributed by atoms with Crippen LogP contribution in [-0.2, 0) is 13.1 Å². The molecule has 29 heavy (non-hydrogen) atoms. The molecular formula is C22H29ClN2O4. The highest BCUT2D eigenvalue weighted by Gasteiger charge is 2.18. The Morgan fingerprint density at radius 2 is 1.34 bits per heavy atom. The molecule has 1 heterocycles. The number of methoxy groups -OCH3 is 4. The van der Waals surface area contributed by atoms with E-state index in [9.17, 15) is 0 Å². The van der Waals surface area contributed by atoms with Crippen molar-refractivity contribution < 1.29 is 35.9 Å². The summed E-state index contributed by atoms with van der Waals surface area (Å²) in [4.78, 5) is 2.34. The first-order valence-corrected chi connectivity index (χ1v) is 9.41. The van der Waals surface area contributed by atoms with Gasteiger partial charge >= 0.3 is 0 Å². The Kier molecular flexibility index (Phi) is 8.46. The Balaban J connectivity index is 0.00000300. The van der Waals surface area contributed by atoms with Crippen molar-refractivity contribution in [3.63, 3.8) is 0 Å². The molecule has 2 aromatic carbocycles. The zero-order valence-electron chi connectivity index (χ0n) is 17.5. The molecule has 0 saturated carbocycles. The van der Waals surface area contributed by atoms with E-state index in [1.54, 1.807) is 28.4 Å². The number of nitrogens with zero attached hydrogens (tertiary/aromatic N) is 2. The average molecular weight is 421 g/mol. The smallest absolute Gasteiger partial charge is 0.234 e. The van der Waals surface area contributed by atoms with E-state index in [-0.39, 0.29) is 12.4 Å². The molecule has 0 N–H and O–H groups in total. The number of rotatable bonds is 8. The van der Waals surface area contributed by atoms with Gasteiger partial charge in [0.15, 0.2) is 23.0 Å². The standard InChI is InChI=1S/C22H29N2O4.ClH/c1-25-19-8-6-17(12-21(19)27-3)14-23-10-5-11-24(16-23)15-18-7-9-20(26-2)22(13-18)28-4;/h6-9,12-13,16H,5,10-11,14-15H2,1-4H3;1H/q+1;/p-1. The van der Waals surface area contributed by atoms with Crippen LogP contribution in [0.4, 0.5) is 0 Å². The normalized spacial score (nSPS) is 13.2. The molecular weight excluding hydrogens is 392 g/mol. The number of hydrogen-bond acceptors (Lipinski definition) is 5. The van der Waals surface area contributed by atoms with E-state index in [0.29, 0.717) is 0 Å². The number of halogens is 1. The third-order valence-corrected chi connectivity index (χ3v) is 4.88. The van der Waals surface area contributed by atoms with Crippen molar-refractivity contribution in [2.45, 2.75) is 19.5 Å². The van der Waals surface area contributed by atoms with E-state index in [0.717, 1.165) is 55.6 Å². The molecule has 1 aliphatic heterocycles. The largest absolute Gasteiger partial charge is 1.00 e. The summed E-state index contributed by atoms with van der Waals surface area (Å²) in [6, 6.07) is 12.2. The van der Waals surface area contributed by atoms with Crippen molar-refractivity contribution in [2.24, 2.45) is 0 Å². The molecule has 1 aliphatic rings. The van der Waals surface area contributed by atoms with E-state index in [2.05, 4.69) is 27.9 Å². The molecule has 0 bridgehead atoms. The second kappa shape index (κ2) is 10.8. The van der Waals surface area contributed by atoms with Crippen molar-refractivity contribution in [2.75, 3.05) is 41.5 Å². The summed E-state index contributed by atoms with van der Waals surface area (Å²) in [5.74, 6) is 3.03. The molecule has 0 aliphatic carbocycles. The third-order valence-electron chi connectivity index (χ3n) is 4.88. The van der Waals surface area contributed by atoms with Gasteiger partial charge in [-0.15, -0.1) is 0 Å². The van der Waals surface area contributed by atoms with E-state index in [1.165, 1.54) is 11.1 Å². The molecule has 6 nitrogen and oxygen atoms in total. The summed E-state index contributed by atoms with van der Waals surface area (Å²) in [5, 5.41) is 0. The van der Waals surface area contributed by atoms with Crippen molar-refractivity contribution in [1.82, 2.24) is 4.90 Å². The van der Waals surface area contributed by atoms with E-state index < -0.39 is 0 Å². The highest BCUT2D eigenvalue weighted by Crippen LogP contribution is 2.29. The van der Waals surface area contributed by atoms with Crippen LogP contribution in [0.1, 0.15) is 17.5 Å². The zero-order chi connectivity index (χ0) is 19.9. The summed E-state index contributed by atoms with van der Waals surface area (Å²) in [6.45, 7) is 3.75. The second-order valence-corrected chi connectivity index (χ2v) is 6.79. The minimum absolute atomic E-state index is 0. The van der Waals surface area contributed by atoms with Gasteiger partial charge in [-0.25, -0.2) is 0 Å². The summed E-state index contributed by atoms with van der Waals surface area (Å²) < 4.78 is 23.8.